The molecular weight excluding hydrogens is 456 g/mol. The molecule has 0 spiro atoms. The second-order valence-corrected chi connectivity index (χ2v) is 10.8. The second-order valence-electron chi connectivity index (χ2n) is 7.11. The van der Waals surface area contributed by atoms with E-state index in [9.17, 15) is 13.2 Å². The zero-order valence-corrected chi connectivity index (χ0v) is 19.5. The van der Waals surface area contributed by atoms with Gasteiger partial charge in [-0.25, -0.2) is 13.4 Å². The number of carbonyl (C=O) groups excluding carboxylic acids is 1. The van der Waals surface area contributed by atoms with Crippen LogP contribution in [0.25, 0.3) is 10.6 Å². The first kappa shape index (κ1) is 22.0. The van der Waals surface area contributed by atoms with E-state index in [1.165, 1.54) is 16.1 Å². The predicted octanol–water partition coefficient (Wildman–Crippen LogP) is 2.84. The van der Waals surface area contributed by atoms with Crippen LogP contribution in [0.1, 0.15) is 17.1 Å². The molecule has 0 aliphatic carbocycles. The Labute approximate surface area is 189 Å². The SMILES string of the molecule is Cc1noc(C)c1S(=O)(=O)N1CSC[C@@H]1C(=O)NCCc1csc(-c2ccccc2)n1. The molecule has 3 heterocycles. The summed E-state index contributed by atoms with van der Waals surface area (Å²) < 4.78 is 32.5. The number of amides is 1. The number of sulfonamides is 1. The third kappa shape index (κ3) is 4.54. The summed E-state index contributed by atoms with van der Waals surface area (Å²) in [6.45, 7) is 3.53. The maximum Gasteiger partial charge on any atom is 0.249 e. The normalized spacial score (nSPS) is 17.2. The zero-order chi connectivity index (χ0) is 22.0. The van der Waals surface area contributed by atoms with Gasteiger partial charge < -0.3 is 9.84 Å². The van der Waals surface area contributed by atoms with Gasteiger partial charge in [-0.05, 0) is 13.8 Å². The van der Waals surface area contributed by atoms with Crippen molar-refractivity contribution in [3.63, 3.8) is 0 Å². The Hall–Kier alpha value is -2.21. The number of thioether (sulfide) groups is 1. The fourth-order valence-electron chi connectivity index (χ4n) is 3.40. The molecule has 3 aromatic rings. The van der Waals surface area contributed by atoms with Gasteiger partial charge >= 0.3 is 0 Å². The summed E-state index contributed by atoms with van der Waals surface area (Å²) in [4.78, 5) is 17.4. The minimum Gasteiger partial charge on any atom is -0.360 e. The summed E-state index contributed by atoms with van der Waals surface area (Å²) in [5.41, 5.74) is 2.25. The van der Waals surface area contributed by atoms with Crippen LogP contribution in [0.15, 0.2) is 45.1 Å². The lowest BCUT2D eigenvalue weighted by Gasteiger charge is -2.22. The number of rotatable bonds is 7. The average Bonchev–Trinajstić information content (AvgIpc) is 3.49. The first-order chi connectivity index (χ1) is 14.9. The summed E-state index contributed by atoms with van der Waals surface area (Å²) in [5.74, 6) is 0.547. The van der Waals surface area contributed by atoms with Crippen molar-refractivity contribution in [2.24, 2.45) is 0 Å². The Morgan fingerprint density at radius 3 is 2.77 bits per heavy atom. The summed E-state index contributed by atoms with van der Waals surface area (Å²) in [7, 11) is -3.87. The van der Waals surface area contributed by atoms with Gasteiger partial charge in [-0.2, -0.15) is 4.31 Å². The maximum atomic E-state index is 13.1. The number of benzene rings is 1. The van der Waals surface area contributed by atoms with Crippen LogP contribution in [-0.4, -0.2) is 53.0 Å². The van der Waals surface area contributed by atoms with E-state index in [1.807, 2.05) is 35.7 Å². The molecule has 0 unspecified atom stereocenters. The van der Waals surface area contributed by atoms with E-state index < -0.39 is 16.1 Å². The van der Waals surface area contributed by atoms with Gasteiger partial charge in [0.2, 0.25) is 15.9 Å². The van der Waals surface area contributed by atoms with Gasteiger partial charge in [0.15, 0.2) is 5.76 Å². The predicted molar refractivity (Wildman–Crippen MR) is 120 cm³/mol. The summed E-state index contributed by atoms with van der Waals surface area (Å²) >= 11 is 2.97. The van der Waals surface area contributed by atoms with Crippen LogP contribution < -0.4 is 5.32 Å². The van der Waals surface area contributed by atoms with Crippen LogP contribution in [0.2, 0.25) is 0 Å². The zero-order valence-electron chi connectivity index (χ0n) is 17.1. The number of nitrogens with one attached hydrogen (secondary N) is 1. The molecule has 31 heavy (non-hydrogen) atoms. The van der Waals surface area contributed by atoms with Crippen molar-refractivity contribution in [3.8, 4) is 10.6 Å². The molecule has 1 aliphatic heterocycles. The lowest BCUT2D eigenvalue weighted by atomic mass is 10.2. The highest BCUT2D eigenvalue weighted by Crippen LogP contribution is 2.31. The van der Waals surface area contributed by atoms with E-state index in [-0.39, 0.29) is 22.4 Å². The molecular formula is C20H22N4O4S3. The molecule has 1 N–H and O–H groups in total. The fraction of sp³-hybridized carbons (Fsp3) is 0.350. The lowest BCUT2D eigenvalue weighted by Crippen LogP contribution is -2.47. The maximum absolute atomic E-state index is 13.1. The van der Waals surface area contributed by atoms with Crippen LogP contribution >= 0.6 is 23.1 Å². The standard InChI is InChI=1S/C20H22N4O4S3/c1-13-18(14(2)28-23-13)31(26,27)24-12-29-11-17(24)19(25)21-9-8-16-10-30-20(22-16)15-6-4-3-5-7-15/h3-7,10,17H,8-9,11-12H2,1-2H3,(H,21,25)/t17-/m1/s1. The van der Waals surface area contributed by atoms with E-state index in [0.29, 0.717) is 24.4 Å². The number of hydrogen-bond donors (Lipinski definition) is 1. The van der Waals surface area contributed by atoms with E-state index >= 15 is 0 Å². The summed E-state index contributed by atoms with van der Waals surface area (Å²) in [5, 5.41) is 9.52. The first-order valence-corrected chi connectivity index (χ1v) is 13.2. The highest BCUT2D eigenvalue weighted by molar-refractivity contribution is 8.00. The number of aryl methyl sites for hydroxylation is 2. The number of thiazole rings is 1. The van der Waals surface area contributed by atoms with Gasteiger partial charge in [0.1, 0.15) is 21.6 Å². The average molecular weight is 479 g/mol. The molecule has 0 bridgehead atoms. The quantitative estimate of drug-likeness (QED) is 0.557. The van der Waals surface area contributed by atoms with Crippen molar-refractivity contribution in [2.45, 2.75) is 31.2 Å². The molecule has 1 saturated heterocycles. The highest BCUT2D eigenvalue weighted by Gasteiger charge is 2.42. The monoisotopic (exact) mass is 478 g/mol. The molecule has 1 atom stereocenters. The fourth-order valence-corrected chi connectivity index (χ4v) is 7.70. The minimum absolute atomic E-state index is 0.0451. The van der Waals surface area contributed by atoms with Crippen LogP contribution in [0.3, 0.4) is 0 Å². The van der Waals surface area contributed by atoms with Gasteiger partial charge in [-0.3, -0.25) is 4.79 Å². The third-order valence-corrected chi connectivity index (χ3v) is 9.15. The first-order valence-electron chi connectivity index (χ1n) is 9.68. The minimum atomic E-state index is -3.87. The van der Waals surface area contributed by atoms with Crippen molar-refractivity contribution in [1.82, 2.24) is 19.8 Å². The van der Waals surface area contributed by atoms with Gasteiger partial charge in [0, 0.05) is 29.7 Å². The van der Waals surface area contributed by atoms with Gasteiger partial charge in [-0.15, -0.1) is 23.1 Å². The number of aromatic nitrogens is 2. The topological polar surface area (TPSA) is 105 Å². The number of nitrogens with zero attached hydrogens (tertiary/aromatic N) is 3. The van der Waals surface area contributed by atoms with E-state index in [2.05, 4.69) is 15.5 Å². The Bertz CT molecular complexity index is 1150. The van der Waals surface area contributed by atoms with Crippen LogP contribution in [0, 0.1) is 13.8 Å². The summed E-state index contributed by atoms with van der Waals surface area (Å²) in [6.07, 6.45) is 0.575. The molecule has 1 aliphatic rings. The van der Waals surface area contributed by atoms with Crippen molar-refractivity contribution in [1.29, 1.82) is 0 Å². The molecule has 1 amide bonds. The molecule has 164 valence electrons. The largest absolute Gasteiger partial charge is 0.360 e. The van der Waals surface area contributed by atoms with E-state index in [0.717, 1.165) is 16.3 Å². The van der Waals surface area contributed by atoms with Crippen molar-refractivity contribution in [3.05, 3.63) is 52.9 Å². The third-order valence-electron chi connectivity index (χ3n) is 4.93. The van der Waals surface area contributed by atoms with Crippen LogP contribution in [0.4, 0.5) is 0 Å². The highest BCUT2D eigenvalue weighted by atomic mass is 32.2. The molecule has 0 saturated carbocycles. The molecule has 11 heteroatoms. The molecule has 1 fully saturated rings. The smallest absolute Gasteiger partial charge is 0.249 e. The Kier molecular flexibility index (Phi) is 6.47. The molecule has 2 aromatic heterocycles. The molecule has 1 aromatic carbocycles. The molecule has 0 radical (unpaired) electrons. The van der Waals surface area contributed by atoms with Gasteiger partial charge in [0.25, 0.3) is 0 Å². The van der Waals surface area contributed by atoms with Crippen molar-refractivity contribution in [2.75, 3.05) is 18.2 Å². The Balaban J connectivity index is 1.38. The number of carbonyl (C=O) groups is 1. The molecule has 4 rings (SSSR count). The lowest BCUT2D eigenvalue weighted by molar-refractivity contribution is -0.123. The molecule has 8 nitrogen and oxygen atoms in total. The van der Waals surface area contributed by atoms with Crippen molar-refractivity contribution >= 4 is 39.0 Å². The van der Waals surface area contributed by atoms with Gasteiger partial charge in [-0.1, -0.05) is 35.5 Å². The van der Waals surface area contributed by atoms with Crippen LogP contribution in [0.5, 0.6) is 0 Å². The van der Waals surface area contributed by atoms with Crippen LogP contribution in [-0.2, 0) is 21.2 Å². The van der Waals surface area contributed by atoms with Gasteiger partial charge in [0.05, 0.1) is 11.6 Å². The Morgan fingerprint density at radius 1 is 1.29 bits per heavy atom. The van der Waals surface area contributed by atoms with E-state index in [4.69, 9.17) is 4.52 Å². The Morgan fingerprint density at radius 2 is 2.06 bits per heavy atom. The number of hydrogen-bond acceptors (Lipinski definition) is 8. The van der Waals surface area contributed by atoms with Crippen molar-refractivity contribution < 1.29 is 17.7 Å². The summed E-state index contributed by atoms with van der Waals surface area (Å²) in [6, 6.07) is 9.16. The van der Waals surface area contributed by atoms with E-state index in [1.54, 1.807) is 25.2 Å². The second kappa shape index (κ2) is 9.11.